The Labute approximate surface area is 122 Å². The molecule has 10 heteroatoms. The monoisotopic (exact) mass is 306 g/mol. The van der Waals surface area contributed by atoms with E-state index in [4.69, 9.17) is 28.3 Å². The summed E-state index contributed by atoms with van der Waals surface area (Å²) >= 11 is 5.78. The highest BCUT2D eigenvalue weighted by Crippen LogP contribution is 2.43. The van der Waals surface area contributed by atoms with Gasteiger partial charge in [-0.25, -0.2) is 4.98 Å². The minimum Gasteiger partial charge on any atom is -0.507 e. The van der Waals surface area contributed by atoms with Crippen molar-refractivity contribution in [2.45, 2.75) is 0 Å². The summed E-state index contributed by atoms with van der Waals surface area (Å²) in [6.07, 6.45) is 0. The summed E-state index contributed by atoms with van der Waals surface area (Å²) in [5.41, 5.74) is 9.54. The lowest BCUT2D eigenvalue weighted by atomic mass is 10.0. The lowest BCUT2D eigenvalue weighted by Crippen LogP contribution is -2.06. The predicted molar refractivity (Wildman–Crippen MR) is 74.3 cm³/mol. The Morgan fingerprint density at radius 1 is 1.38 bits per heavy atom. The number of aromatic hydroxyl groups is 1. The van der Waals surface area contributed by atoms with Gasteiger partial charge in [0.2, 0.25) is 5.95 Å². The molecule has 2 rings (SSSR count). The second-order valence-electron chi connectivity index (χ2n) is 3.85. The number of nitro groups is 1. The van der Waals surface area contributed by atoms with Crippen LogP contribution >= 0.6 is 11.6 Å². The minimum absolute atomic E-state index is 0.229. The fourth-order valence-electron chi connectivity index (χ4n) is 1.75. The average molecular weight is 307 g/mol. The van der Waals surface area contributed by atoms with E-state index in [1.54, 1.807) is 6.07 Å². The normalized spacial score (nSPS) is 10.1. The van der Waals surface area contributed by atoms with Crippen molar-refractivity contribution in [3.8, 4) is 23.1 Å². The topological polar surface area (TPSA) is 165 Å². The van der Waals surface area contributed by atoms with Crippen LogP contribution in [0.4, 0.5) is 17.5 Å². The van der Waals surface area contributed by atoms with Crippen LogP contribution in [0.2, 0.25) is 5.02 Å². The molecule has 0 saturated carbocycles. The van der Waals surface area contributed by atoms with Gasteiger partial charge in [0, 0.05) is 0 Å². The van der Waals surface area contributed by atoms with E-state index < -0.39 is 16.4 Å². The number of rotatable bonds is 2. The van der Waals surface area contributed by atoms with Gasteiger partial charge < -0.3 is 16.6 Å². The van der Waals surface area contributed by atoms with Gasteiger partial charge in [0.1, 0.15) is 39.5 Å². The minimum atomic E-state index is -0.799. The summed E-state index contributed by atoms with van der Waals surface area (Å²) < 4.78 is 0. The van der Waals surface area contributed by atoms with Crippen LogP contribution in [0.5, 0.6) is 5.75 Å². The second-order valence-corrected chi connectivity index (χ2v) is 4.26. The quantitative estimate of drug-likeness (QED) is 0.553. The number of nitro benzene ring substituents is 1. The molecule has 0 unspecified atom stereocenters. The van der Waals surface area contributed by atoms with E-state index in [-0.39, 0.29) is 33.6 Å². The number of hydrogen-bond donors (Lipinski definition) is 3. The first-order valence-corrected chi connectivity index (χ1v) is 5.74. The summed E-state index contributed by atoms with van der Waals surface area (Å²) in [5.74, 6) is -1.04. The molecule has 0 amide bonds. The summed E-state index contributed by atoms with van der Waals surface area (Å²) in [7, 11) is 0. The Kier molecular flexibility index (Phi) is 3.47. The molecule has 0 bridgehead atoms. The predicted octanol–water partition coefficient (Wildman–Crippen LogP) is 1.45. The van der Waals surface area contributed by atoms with Crippen molar-refractivity contribution in [3.63, 3.8) is 0 Å². The van der Waals surface area contributed by atoms with E-state index in [0.717, 1.165) is 12.1 Å². The lowest BCUT2D eigenvalue weighted by Gasteiger charge is -2.09. The van der Waals surface area contributed by atoms with Crippen molar-refractivity contribution >= 4 is 29.1 Å². The Bertz CT molecular complexity index is 802. The van der Waals surface area contributed by atoms with Crippen molar-refractivity contribution in [1.29, 1.82) is 5.26 Å². The number of anilines is 2. The molecule has 2 aromatic rings. The maximum absolute atomic E-state index is 11.2. The standard InChI is InChI=1S/C11H7ClN6O3/c12-5-1-2-6(19)7(9(5)18(20)21)8-4(3-13)10(14)17-11(15)16-8/h1-2,19H,(H4,14,15,16,17). The van der Waals surface area contributed by atoms with Gasteiger partial charge in [-0.05, 0) is 12.1 Å². The van der Waals surface area contributed by atoms with E-state index in [9.17, 15) is 15.2 Å². The average Bonchev–Trinajstić information content (AvgIpc) is 2.39. The van der Waals surface area contributed by atoms with Crippen LogP contribution < -0.4 is 11.5 Å². The third-order valence-electron chi connectivity index (χ3n) is 2.59. The zero-order chi connectivity index (χ0) is 15.7. The number of nitrogens with two attached hydrogens (primary N) is 2. The van der Waals surface area contributed by atoms with Gasteiger partial charge >= 0.3 is 5.69 Å². The zero-order valence-corrected chi connectivity index (χ0v) is 11.0. The van der Waals surface area contributed by atoms with E-state index in [2.05, 4.69) is 9.97 Å². The van der Waals surface area contributed by atoms with Crippen LogP contribution in [0.3, 0.4) is 0 Å². The fraction of sp³-hybridized carbons (Fsp3) is 0. The van der Waals surface area contributed by atoms with Gasteiger partial charge in [0.15, 0.2) is 0 Å². The van der Waals surface area contributed by atoms with Crippen LogP contribution in [-0.4, -0.2) is 20.0 Å². The number of aromatic nitrogens is 2. The maximum Gasteiger partial charge on any atom is 0.301 e. The van der Waals surface area contributed by atoms with Gasteiger partial charge in [0.25, 0.3) is 0 Å². The third-order valence-corrected chi connectivity index (χ3v) is 2.90. The molecule has 0 atom stereocenters. The van der Waals surface area contributed by atoms with Gasteiger partial charge in [-0.1, -0.05) is 11.6 Å². The molecule has 0 radical (unpaired) electrons. The SMILES string of the molecule is N#Cc1c(N)nc(N)nc1-c1c(O)ccc(Cl)c1[N+](=O)[O-]. The molecule has 5 N–H and O–H groups in total. The number of nitrogen functional groups attached to an aromatic ring is 2. The Morgan fingerprint density at radius 2 is 2.05 bits per heavy atom. The summed E-state index contributed by atoms with van der Waals surface area (Å²) in [6, 6.07) is 4.01. The van der Waals surface area contributed by atoms with E-state index in [1.165, 1.54) is 0 Å². The molecule has 9 nitrogen and oxygen atoms in total. The van der Waals surface area contributed by atoms with Gasteiger partial charge in [-0.3, -0.25) is 10.1 Å². The molecule has 0 saturated heterocycles. The highest BCUT2D eigenvalue weighted by atomic mass is 35.5. The van der Waals surface area contributed by atoms with E-state index in [0.29, 0.717) is 0 Å². The summed E-state index contributed by atoms with van der Waals surface area (Å²) in [6.45, 7) is 0. The Morgan fingerprint density at radius 3 is 2.62 bits per heavy atom. The number of phenols is 1. The highest BCUT2D eigenvalue weighted by Gasteiger charge is 2.28. The van der Waals surface area contributed by atoms with Crippen molar-refractivity contribution in [1.82, 2.24) is 9.97 Å². The molecule has 0 spiro atoms. The van der Waals surface area contributed by atoms with Crippen LogP contribution in [0.15, 0.2) is 12.1 Å². The van der Waals surface area contributed by atoms with Crippen LogP contribution in [0.1, 0.15) is 5.56 Å². The van der Waals surface area contributed by atoms with Crippen molar-refractivity contribution < 1.29 is 10.0 Å². The molecule has 0 aliphatic carbocycles. The molecule has 0 aliphatic rings. The molecular weight excluding hydrogens is 300 g/mol. The molecule has 106 valence electrons. The summed E-state index contributed by atoms with van der Waals surface area (Å²) in [4.78, 5) is 17.7. The first-order valence-electron chi connectivity index (χ1n) is 5.36. The Balaban J connectivity index is 2.95. The smallest absolute Gasteiger partial charge is 0.301 e. The lowest BCUT2D eigenvalue weighted by molar-refractivity contribution is -0.384. The first kappa shape index (κ1) is 14.3. The first-order chi connectivity index (χ1) is 9.86. The number of nitriles is 1. The van der Waals surface area contributed by atoms with E-state index >= 15 is 0 Å². The second kappa shape index (κ2) is 5.10. The van der Waals surface area contributed by atoms with Crippen molar-refractivity contribution in [2.75, 3.05) is 11.5 Å². The number of benzene rings is 1. The largest absolute Gasteiger partial charge is 0.507 e. The van der Waals surface area contributed by atoms with Gasteiger partial charge in [-0.15, -0.1) is 0 Å². The molecule has 1 heterocycles. The van der Waals surface area contributed by atoms with Crippen molar-refractivity contribution in [2.24, 2.45) is 0 Å². The Hall–Kier alpha value is -3.12. The van der Waals surface area contributed by atoms with Crippen LogP contribution in [0.25, 0.3) is 11.3 Å². The molecule has 0 fully saturated rings. The molecule has 21 heavy (non-hydrogen) atoms. The summed E-state index contributed by atoms with van der Waals surface area (Å²) in [5, 5.41) is 29.9. The number of hydrogen-bond acceptors (Lipinski definition) is 8. The number of nitrogens with zero attached hydrogens (tertiary/aromatic N) is 4. The van der Waals surface area contributed by atoms with E-state index in [1.807, 2.05) is 0 Å². The third kappa shape index (κ3) is 2.35. The van der Waals surface area contributed by atoms with Crippen molar-refractivity contribution in [3.05, 3.63) is 32.8 Å². The maximum atomic E-state index is 11.2. The molecular formula is C11H7ClN6O3. The van der Waals surface area contributed by atoms with Crippen LogP contribution in [-0.2, 0) is 0 Å². The zero-order valence-electron chi connectivity index (χ0n) is 10.2. The van der Waals surface area contributed by atoms with Crippen LogP contribution in [0, 0.1) is 21.4 Å². The van der Waals surface area contributed by atoms with Gasteiger partial charge in [0.05, 0.1) is 4.92 Å². The molecule has 1 aromatic carbocycles. The molecule has 1 aromatic heterocycles. The number of halogens is 1. The van der Waals surface area contributed by atoms with Gasteiger partial charge in [-0.2, -0.15) is 10.2 Å². The fourth-order valence-corrected chi connectivity index (χ4v) is 1.98. The highest BCUT2D eigenvalue weighted by molar-refractivity contribution is 6.33. The molecule has 0 aliphatic heterocycles. The number of phenolic OH excluding ortho intramolecular Hbond substituents is 1.